The summed E-state index contributed by atoms with van der Waals surface area (Å²) in [6, 6.07) is 0. The van der Waals surface area contributed by atoms with Gasteiger partial charge in [0.15, 0.2) is 0 Å². The van der Waals surface area contributed by atoms with Crippen LogP contribution in [0.15, 0.2) is 6.20 Å². The van der Waals surface area contributed by atoms with E-state index in [0.29, 0.717) is 23.3 Å². The van der Waals surface area contributed by atoms with Gasteiger partial charge >= 0.3 is 0 Å². The number of H-pyrrole nitrogens is 1. The highest BCUT2D eigenvalue weighted by Gasteiger charge is 2.36. The van der Waals surface area contributed by atoms with Gasteiger partial charge in [-0.1, -0.05) is 0 Å². The zero-order valence-corrected chi connectivity index (χ0v) is 10.9. The van der Waals surface area contributed by atoms with Gasteiger partial charge < -0.3 is 30.4 Å². The smallest absolute Gasteiger partial charge is 0.228 e. The summed E-state index contributed by atoms with van der Waals surface area (Å²) >= 11 is 0. The molecule has 3 heterocycles. The molecule has 3 unspecified atom stereocenters. The monoisotopic (exact) mass is 280 g/mol. The van der Waals surface area contributed by atoms with Crippen LogP contribution in [0.1, 0.15) is 18.1 Å². The van der Waals surface area contributed by atoms with Gasteiger partial charge in [0.2, 0.25) is 11.8 Å². The van der Waals surface area contributed by atoms with Crippen LogP contribution in [0.25, 0.3) is 11.0 Å². The first-order chi connectivity index (χ1) is 9.63. The number of ether oxygens (including phenoxy) is 2. The first-order valence-corrected chi connectivity index (χ1v) is 6.27. The third kappa shape index (κ3) is 1.98. The average molecular weight is 280 g/mol. The van der Waals surface area contributed by atoms with E-state index in [1.54, 1.807) is 6.20 Å². The van der Waals surface area contributed by atoms with Crippen molar-refractivity contribution in [1.29, 1.82) is 0 Å². The van der Waals surface area contributed by atoms with Gasteiger partial charge in [0.05, 0.1) is 31.3 Å². The lowest BCUT2D eigenvalue weighted by atomic mass is 10.1. The summed E-state index contributed by atoms with van der Waals surface area (Å²) in [6.45, 7) is -0.222. The summed E-state index contributed by atoms with van der Waals surface area (Å²) in [5.41, 5.74) is 6.94. The summed E-state index contributed by atoms with van der Waals surface area (Å²) in [5.74, 6) is 0.470. The number of aliphatic hydroxyl groups excluding tert-OH is 2. The van der Waals surface area contributed by atoms with Gasteiger partial charge in [0.25, 0.3) is 0 Å². The minimum Gasteiger partial charge on any atom is -0.480 e. The van der Waals surface area contributed by atoms with Gasteiger partial charge in [-0.2, -0.15) is 9.97 Å². The van der Waals surface area contributed by atoms with Crippen LogP contribution in [0, 0.1) is 0 Å². The number of nitrogens with two attached hydrogens (primary N) is 1. The standard InChI is InChI=1S/C12H16N4O4/c1-19-11-9-5(3-14-10(9)15-12(13)16-11)7-2-6(18)8(4-17)20-7/h3,6-8,17-18H,2,4H2,1H3,(H3,13,14,15,16). The Morgan fingerprint density at radius 2 is 2.35 bits per heavy atom. The average Bonchev–Trinajstić information content (AvgIpc) is 3.00. The third-order valence-corrected chi connectivity index (χ3v) is 3.49. The number of nitrogens with zero attached hydrogens (tertiary/aromatic N) is 2. The molecule has 1 aliphatic rings. The Kier molecular flexibility index (Phi) is 3.20. The van der Waals surface area contributed by atoms with E-state index in [-0.39, 0.29) is 18.7 Å². The third-order valence-electron chi connectivity index (χ3n) is 3.49. The first kappa shape index (κ1) is 13.1. The van der Waals surface area contributed by atoms with E-state index >= 15 is 0 Å². The SMILES string of the molecule is COc1nc(N)nc2[nH]cc(C3CC(O)C(CO)O3)c12. The first-order valence-electron chi connectivity index (χ1n) is 6.27. The summed E-state index contributed by atoms with van der Waals surface area (Å²) in [7, 11) is 1.50. The molecule has 0 aromatic carbocycles. The zero-order valence-electron chi connectivity index (χ0n) is 10.9. The number of hydrogen-bond acceptors (Lipinski definition) is 7. The lowest BCUT2D eigenvalue weighted by molar-refractivity contribution is -0.0222. The molecule has 3 atom stereocenters. The van der Waals surface area contributed by atoms with Crippen molar-refractivity contribution in [2.45, 2.75) is 24.7 Å². The van der Waals surface area contributed by atoms with Crippen molar-refractivity contribution in [3.05, 3.63) is 11.8 Å². The maximum Gasteiger partial charge on any atom is 0.228 e. The molecule has 8 heteroatoms. The topological polar surface area (TPSA) is 127 Å². The molecule has 5 N–H and O–H groups in total. The van der Waals surface area contributed by atoms with E-state index < -0.39 is 12.2 Å². The number of aromatic amines is 1. The lowest BCUT2D eigenvalue weighted by Crippen LogP contribution is -2.24. The van der Waals surface area contributed by atoms with Crippen LogP contribution in [0.5, 0.6) is 5.88 Å². The number of hydrogen-bond donors (Lipinski definition) is 4. The zero-order chi connectivity index (χ0) is 14.3. The second kappa shape index (κ2) is 4.89. The molecule has 1 aliphatic heterocycles. The number of nitrogen functional groups attached to an aromatic ring is 1. The van der Waals surface area contributed by atoms with Gasteiger partial charge in [-0.25, -0.2) is 0 Å². The van der Waals surface area contributed by atoms with Gasteiger partial charge in [0, 0.05) is 18.2 Å². The van der Waals surface area contributed by atoms with Gasteiger partial charge in [-0.3, -0.25) is 0 Å². The number of aliphatic hydroxyl groups is 2. The summed E-state index contributed by atoms with van der Waals surface area (Å²) in [6.07, 6.45) is 0.503. The van der Waals surface area contributed by atoms with Crippen molar-refractivity contribution in [3.63, 3.8) is 0 Å². The molecule has 8 nitrogen and oxygen atoms in total. The van der Waals surface area contributed by atoms with E-state index in [0.717, 1.165) is 5.56 Å². The molecule has 3 rings (SSSR count). The fourth-order valence-corrected chi connectivity index (χ4v) is 2.53. The molecule has 0 radical (unpaired) electrons. The number of aromatic nitrogens is 3. The maximum absolute atomic E-state index is 9.82. The highest BCUT2D eigenvalue weighted by molar-refractivity contribution is 5.86. The van der Waals surface area contributed by atoms with Crippen LogP contribution in [-0.2, 0) is 4.74 Å². The van der Waals surface area contributed by atoms with E-state index in [9.17, 15) is 5.11 Å². The normalized spacial score (nSPS) is 26.2. The van der Waals surface area contributed by atoms with E-state index in [2.05, 4.69) is 15.0 Å². The van der Waals surface area contributed by atoms with Crippen LogP contribution in [0.4, 0.5) is 5.95 Å². The second-order valence-corrected chi connectivity index (χ2v) is 4.71. The predicted octanol–water partition coefficient (Wildman–Crippen LogP) is -0.268. The Labute approximate surface area is 114 Å². The van der Waals surface area contributed by atoms with Crippen LogP contribution in [0.2, 0.25) is 0 Å². The van der Waals surface area contributed by atoms with Crippen molar-refractivity contribution in [2.75, 3.05) is 19.5 Å². The van der Waals surface area contributed by atoms with E-state index in [1.807, 2.05) is 0 Å². The number of anilines is 1. The molecular formula is C12H16N4O4. The number of nitrogens with one attached hydrogen (secondary N) is 1. The molecule has 108 valence electrons. The van der Waals surface area contributed by atoms with Crippen molar-refractivity contribution in [3.8, 4) is 5.88 Å². The molecular weight excluding hydrogens is 264 g/mol. The molecule has 0 saturated carbocycles. The highest BCUT2D eigenvalue weighted by Crippen LogP contribution is 2.38. The Morgan fingerprint density at radius 1 is 1.55 bits per heavy atom. The van der Waals surface area contributed by atoms with Gasteiger partial charge in [0.1, 0.15) is 11.8 Å². The Hall–Kier alpha value is -1.90. The molecule has 0 aliphatic carbocycles. The van der Waals surface area contributed by atoms with Crippen molar-refractivity contribution in [1.82, 2.24) is 15.0 Å². The number of rotatable bonds is 3. The van der Waals surface area contributed by atoms with E-state index in [1.165, 1.54) is 7.11 Å². The van der Waals surface area contributed by atoms with Crippen LogP contribution >= 0.6 is 0 Å². The lowest BCUT2D eigenvalue weighted by Gasteiger charge is -2.12. The van der Waals surface area contributed by atoms with Gasteiger partial charge in [-0.15, -0.1) is 0 Å². The molecule has 0 amide bonds. The molecule has 20 heavy (non-hydrogen) atoms. The number of fused-ring (bicyclic) bond motifs is 1. The van der Waals surface area contributed by atoms with E-state index in [4.69, 9.17) is 20.3 Å². The largest absolute Gasteiger partial charge is 0.480 e. The fraction of sp³-hybridized carbons (Fsp3) is 0.500. The minimum absolute atomic E-state index is 0.114. The van der Waals surface area contributed by atoms with Crippen molar-refractivity contribution < 1.29 is 19.7 Å². The fourth-order valence-electron chi connectivity index (χ4n) is 2.53. The van der Waals surface area contributed by atoms with Crippen molar-refractivity contribution in [2.24, 2.45) is 0 Å². The van der Waals surface area contributed by atoms with Crippen LogP contribution in [-0.4, -0.2) is 51.1 Å². The predicted molar refractivity (Wildman–Crippen MR) is 70.2 cm³/mol. The summed E-state index contributed by atoms with van der Waals surface area (Å²) in [5, 5.41) is 19.6. The van der Waals surface area contributed by atoms with Crippen LogP contribution in [0.3, 0.4) is 0 Å². The Balaban J connectivity index is 2.05. The second-order valence-electron chi connectivity index (χ2n) is 4.71. The molecule has 1 saturated heterocycles. The Morgan fingerprint density at radius 3 is 3.00 bits per heavy atom. The Bertz CT molecular complexity index is 629. The van der Waals surface area contributed by atoms with Gasteiger partial charge in [-0.05, 0) is 0 Å². The minimum atomic E-state index is -0.698. The van der Waals surface area contributed by atoms with Crippen LogP contribution < -0.4 is 10.5 Å². The summed E-state index contributed by atoms with van der Waals surface area (Å²) in [4.78, 5) is 11.1. The number of methoxy groups -OCH3 is 1. The maximum atomic E-state index is 9.82. The molecule has 2 aromatic heterocycles. The molecule has 2 aromatic rings. The van der Waals surface area contributed by atoms with Crippen molar-refractivity contribution >= 4 is 17.0 Å². The summed E-state index contributed by atoms with van der Waals surface area (Å²) < 4.78 is 10.9. The molecule has 0 bridgehead atoms. The molecule has 1 fully saturated rings. The highest BCUT2D eigenvalue weighted by atomic mass is 16.5. The quantitative estimate of drug-likeness (QED) is 0.609. The molecule has 0 spiro atoms.